The zero-order valence-electron chi connectivity index (χ0n) is 16.5. The molecule has 1 saturated carbocycles. The van der Waals surface area contributed by atoms with Crippen molar-refractivity contribution in [1.82, 2.24) is 15.5 Å². The minimum absolute atomic E-state index is 0.0711. The number of guanidine groups is 1. The Kier molecular flexibility index (Phi) is 6.52. The van der Waals surface area contributed by atoms with Gasteiger partial charge in [0.1, 0.15) is 17.3 Å². The molecule has 0 aromatic heterocycles. The number of hydrogen-bond acceptors (Lipinski definition) is 3. The van der Waals surface area contributed by atoms with Gasteiger partial charge in [0.15, 0.2) is 5.96 Å². The van der Waals surface area contributed by atoms with Gasteiger partial charge in [-0.2, -0.15) is 0 Å². The van der Waals surface area contributed by atoms with Gasteiger partial charge in [-0.3, -0.25) is 9.89 Å². The topological polar surface area (TPSA) is 42.9 Å². The molecule has 1 unspecified atom stereocenters. The quantitative estimate of drug-likeness (QED) is 0.565. The minimum atomic E-state index is -0.507. The summed E-state index contributed by atoms with van der Waals surface area (Å²) < 4.78 is 28.0. The van der Waals surface area contributed by atoms with Gasteiger partial charge in [-0.15, -0.1) is 0 Å². The maximum atomic E-state index is 14.0. The Bertz CT molecular complexity index is 638. The predicted molar refractivity (Wildman–Crippen MR) is 106 cm³/mol. The maximum Gasteiger partial charge on any atom is 0.191 e. The lowest BCUT2D eigenvalue weighted by Crippen LogP contribution is -2.47. The van der Waals surface area contributed by atoms with Gasteiger partial charge < -0.3 is 15.5 Å². The van der Waals surface area contributed by atoms with Crippen molar-refractivity contribution >= 4 is 11.6 Å². The SMILES string of the molecule is CN=C(NCCN(C(C)C)C1CC1)NC1CCN(c2c(F)cccc2F)C1. The highest BCUT2D eigenvalue weighted by Crippen LogP contribution is 2.28. The molecule has 1 aliphatic heterocycles. The van der Waals surface area contributed by atoms with Gasteiger partial charge in [-0.1, -0.05) is 6.07 Å². The van der Waals surface area contributed by atoms with Crippen molar-refractivity contribution in [2.75, 3.05) is 38.1 Å². The van der Waals surface area contributed by atoms with Crippen LogP contribution in [0.2, 0.25) is 0 Å². The highest BCUT2D eigenvalue weighted by atomic mass is 19.1. The first kappa shape index (κ1) is 19.9. The van der Waals surface area contributed by atoms with Crippen LogP contribution in [-0.2, 0) is 0 Å². The maximum absolute atomic E-state index is 14.0. The second kappa shape index (κ2) is 8.87. The third-order valence-corrected chi connectivity index (χ3v) is 5.35. The molecule has 1 saturated heterocycles. The van der Waals surface area contributed by atoms with Gasteiger partial charge >= 0.3 is 0 Å². The Labute approximate surface area is 160 Å². The average molecular weight is 379 g/mol. The zero-order chi connectivity index (χ0) is 19.4. The van der Waals surface area contributed by atoms with Gasteiger partial charge in [0, 0.05) is 51.4 Å². The first-order valence-electron chi connectivity index (χ1n) is 9.91. The number of halogens is 2. The van der Waals surface area contributed by atoms with Crippen LogP contribution in [0.4, 0.5) is 14.5 Å². The smallest absolute Gasteiger partial charge is 0.191 e. The van der Waals surface area contributed by atoms with E-state index in [2.05, 4.69) is 34.4 Å². The fraction of sp³-hybridized carbons (Fsp3) is 0.650. The van der Waals surface area contributed by atoms with E-state index in [4.69, 9.17) is 0 Å². The van der Waals surface area contributed by atoms with Crippen molar-refractivity contribution in [3.8, 4) is 0 Å². The van der Waals surface area contributed by atoms with Gasteiger partial charge in [-0.25, -0.2) is 8.78 Å². The van der Waals surface area contributed by atoms with E-state index in [9.17, 15) is 8.78 Å². The summed E-state index contributed by atoms with van der Waals surface area (Å²) in [6.07, 6.45) is 3.42. The molecule has 2 fully saturated rings. The largest absolute Gasteiger partial charge is 0.365 e. The third kappa shape index (κ3) is 5.09. The second-order valence-electron chi connectivity index (χ2n) is 7.71. The molecule has 1 aliphatic carbocycles. The molecule has 150 valence electrons. The minimum Gasteiger partial charge on any atom is -0.365 e. The van der Waals surface area contributed by atoms with Crippen LogP contribution in [0.15, 0.2) is 23.2 Å². The predicted octanol–water partition coefficient (Wildman–Crippen LogP) is 2.58. The van der Waals surface area contributed by atoms with Crippen LogP contribution in [0.25, 0.3) is 0 Å². The van der Waals surface area contributed by atoms with Crippen molar-refractivity contribution in [2.45, 2.75) is 51.2 Å². The number of aliphatic imine (C=N–C) groups is 1. The molecule has 1 heterocycles. The lowest BCUT2D eigenvalue weighted by molar-refractivity contribution is 0.215. The Balaban J connectivity index is 1.48. The first-order valence-corrected chi connectivity index (χ1v) is 9.91. The number of nitrogens with zero attached hydrogens (tertiary/aromatic N) is 3. The molecule has 0 amide bonds. The van der Waals surface area contributed by atoms with E-state index >= 15 is 0 Å². The summed E-state index contributed by atoms with van der Waals surface area (Å²) in [5.74, 6) is -0.269. The van der Waals surface area contributed by atoms with Gasteiger partial charge in [-0.05, 0) is 45.2 Å². The van der Waals surface area contributed by atoms with E-state index in [1.54, 1.807) is 11.9 Å². The summed E-state index contributed by atoms with van der Waals surface area (Å²) in [6, 6.07) is 5.40. The van der Waals surface area contributed by atoms with Gasteiger partial charge in [0.25, 0.3) is 0 Å². The second-order valence-corrected chi connectivity index (χ2v) is 7.71. The normalized spacial score (nSPS) is 20.6. The zero-order valence-corrected chi connectivity index (χ0v) is 16.5. The van der Waals surface area contributed by atoms with Crippen molar-refractivity contribution in [1.29, 1.82) is 0 Å². The molecular weight excluding hydrogens is 348 g/mol. The molecule has 27 heavy (non-hydrogen) atoms. The van der Waals surface area contributed by atoms with Crippen LogP contribution in [0.3, 0.4) is 0 Å². The number of hydrogen-bond donors (Lipinski definition) is 2. The van der Waals surface area contributed by atoms with E-state index in [0.717, 1.165) is 31.5 Å². The summed E-state index contributed by atoms with van der Waals surface area (Å²) in [7, 11) is 1.75. The van der Waals surface area contributed by atoms with Crippen molar-refractivity contribution in [3.05, 3.63) is 29.8 Å². The fourth-order valence-corrected chi connectivity index (χ4v) is 3.83. The number of nitrogens with one attached hydrogen (secondary N) is 2. The lowest BCUT2D eigenvalue weighted by atomic mass is 10.2. The summed E-state index contributed by atoms with van der Waals surface area (Å²) in [5.41, 5.74) is 0.0711. The number of anilines is 1. The van der Waals surface area contributed by atoms with Crippen LogP contribution in [0.5, 0.6) is 0 Å². The molecule has 1 aromatic rings. The summed E-state index contributed by atoms with van der Waals surface area (Å²) in [5, 5.41) is 6.76. The van der Waals surface area contributed by atoms with Crippen molar-refractivity contribution in [3.63, 3.8) is 0 Å². The molecule has 0 bridgehead atoms. The molecule has 0 radical (unpaired) electrons. The van der Waals surface area contributed by atoms with E-state index in [0.29, 0.717) is 19.1 Å². The molecule has 3 rings (SSSR count). The van der Waals surface area contributed by atoms with E-state index in [1.807, 2.05) is 0 Å². The van der Waals surface area contributed by atoms with Gasteiger partial charge in [0.2, 0.25) is 0 Å². The lowest BCUT2D eigenvalue weighted by Gasteiger charge is -2.27. The molecule has 7 heteroatoms. The average Bonchev–Trinajstić information content (AvgIpc) is 3.36. The highest BCUT2D eigenvalue weighted by Gasteiger charge is 2.30. The highest BCUT2D eigenvalue weighted by molar-refractivity contribution is 5.80. The Morgan fingerprint density at radius 1 is 1.26 bits per heavy atom. The van der Waals surface area contributed by atoms with Crippen molar-refractivity contribution in [2.24, 2.45) is 4.99 Å². The Morgan fingerprint density at radius 3 is 2.56 bits per heavy atom. The number of rotatable bonds is 7. The summed E-state index contributed by atoms with van der Waals surface area (Å²) in [6.45, 7) is 7.46. The summed E-state index contributed by atoms with van der Waals surface area (Å²) in [4.78, 5) is 8.59. The molecule has 2 N–H and O–H groups in total. The van der Waals surface area contributed by atoms with E-state index < -0.39 is 11.6 Å². The Morgan fingerprint density at radius 2 is 1.96 bits per heavy atom. The third-order valence-electron chi connectivity index (χ3n) is 5.35. The molecule has 2 aliphatic rings. The Hall–Kier alpha value is -1.89. The van der Waals surface area contributed by atoms with Crippen LogP contribution < -0.4 is 15.5 Å². The molecule has 0 spiro atoms. The van der Waals surface area contributed by atoms with Crippen LogP contribution >= 0.6 is 0 Å². The molecular formula is C20H31F2N5. The summed E-state index contributed by atoms with van der Waals surface area (Å²) >= 11 is 0. The van der Waals surface area contributed by atoms with Crippen LogP contribution in [0, 0.1) is 11.6 Å². The standard InChI is InChI=1S/C20H31F2N5/c1-14(2)27(16-7-8-16)12-10-24-20(23-3)25-15-9-11-26(13-15)19-17(21)5-4-6-18(19)22/h4-6,14-16H,7-13H2,1-3H3,(H2,23,24,25). The molecule has 1 atom stereocenters. The first-order chi connectivity index (χ1) is 13.0. The molecule has 5 nitrogen and oxygen atoms in total. The molecule has 1 aromatic carbocycles. The van der Waals surface area contributed by atoms with Gasteiger partial charge in [0.05, 0.1) is 0 Å². The number of para-hydroxylation sites is 1. The van der Waals surface area contributed by atoms with Crippen LogP contribution in [0.1, 0.15) is 33.1 Å². The van der Waals surface area contributed by atoms with E-state index in [-0.39, 0.29) is 11.7 Å². The van der Waals surface area contributed by atoms with Crippen LogP contribution in [-0.4, -0.2) is 62.2 Å². The fourth-order valence-electron chi connectivity index (χ4n) is 3.83. The van der Waals surface area contributed by atoms with E-state index in [1.165, 1.54) is 31.0 Å². The number of benzene rings is 1. The monoisotopic (exact) mass is 379 g/mol. The van der Waals surface area contributed by atoms with Crippen molar-refractivity contribution < 1.29 is 8.78 Å².